The van der Waals surface area contributed by atoms with Gasteiger partial charge in [0, 0.05) is 52.2 Å². The number of ether oxygens (including phenoxy) is 5. The van der Waals surface area contributed by atoms with Gasteiger partial charge in [0.25, 0.3) is 0 Å². The summed E-state index contributed by atoms with van der Waals surface area (Å²) in [4.78, 5) is 13.0. The van der Waals surface area contributed by atoms with Crippen molar-refractivity contribution >= 4 is 5.91 Å². The number of aliphatic hydroxyl groups excluding tert-OH is 1. The number of aliphatic hydroxyl groups is 1. The average molecular weight is 567 g/mol. The summed E-state index contributed by atoms with van der Waals surface area (Å²) in [5.41, 5.74) is 7.69. The number of carbonyl (C=O) groups excluding carboxylic acids is 1. The normalized spacial score (nSPS) is 20.4. The van der Waals surface area contributed by atoms with Gasteiger partial charge in [-0.25, -0.2) is 0 Å². The van der Waals surface area contributed by atoms with E-state index in [2.05, 4.69) is 25.2 Å². The van der Waals surface area contributed by atoms with Crippen LogP contribution in [0.15, 0.2) is 18.2 Å². The Morgan fingerprint density at radius 2 is 1.85 bits per heavy atom. The Morgan fingerprint density at radius 3 is 2.45 bits per heavy atom. The van der Waals surface area contributed by atoms with E-state index >= 15 is 0 Å². The lowest BCUT2D eigenvalue weighted by Gasteiger charge is -2.30. The summed E-state index contributed by atoms with van der Waals surface area (Å²) in [6.45, 7) is 10.5. The number of nitrogens with two attached hydrogens (primary N) is 1. The first-order valence-corrected chi connectivity index (χ1v) is 14.7. The summed E-state index contributed by atoms with van der Waals surface area (Å²) >= 11 is 0. The first kappa shape index (κ1) is 34.3. The van der Waals surface area contributed by atoms with E-state index < -0.39 is 12.1 Å². The third-order valence-electron chi connectivity index (χ3n) is 8.01. The van der Waals surface area contributed by atoms with Crippen LogP contribution in [-0.2, 0) is 25.4 Å². The molecule has 2 rings (SSSR count). The number of hydrogen-bond donors (Lipinski definition) is 3. The number of hydrogen-bond acceptors (Lipinski definition) is 8. The molecule has 1 heterocycles. The van der Waals surface area contributed by atoms with Crippen molar-refractivity contribution in [2.24, 2.45) is 29.4 Å². The highest BCUT2D eigenvalue weighted by molar-refractivity contribution is 5.79. The second-order valence-corrected chi connectivity index (χ2v) is 11.7. The molecule has 230 valence electrons. The van der Waals surface area contributed by atoms with E-state index in [4.69, 9.17) is 29.4 Å². The first-order chi connectivity index (χ1) is 19.1. The van der Waals surface area contributed by atoms with Gasteiger partial charge < -0.3 is 39.8 Å². The van der Waals surface area contributed by atoms with E-state index in [1.54, 1.807) is 21.3 Å². The molecule has 40 heavy (non-hydrogen) atoms. The van der Waals surface area contributed by atoms with Crippen LogP contribution in [0.2, 0.25) is 0 Å². The van der Waals surface area contributed by atoms with Gasteiger partial charge in [-0.05, 0) is 54.7 Å². The van der Waals surface area contributed by atoms with E-state index in [1.807, 2.05) is 26.0 Å². The zero-order valence-electron chi connectivity index (χ0n) is 25.7. The van der Waals surface area contributed by atoms with Crippen LogP contribution in [0.1, 0.15) is 58.9 Å². The van der Waals surface area contributed by atoms with Crippen LogP contribution in [0.5, 0.6) is 11.5 Å². The summed E-state index contributed by atoms with van der Waals surface area (Å²) in [7, 11) is 4.99. The van der Waals surface area contributed by atoms with E-state index in [0.29, 0.717) is 50.9 Å². The molecule has 0 aromatic heterocycles. The molecule has 0 saturated carbocycles. The molecule has 1 aliphatic heterocycles. The third-order valence-corrected chi connectivity index (χ3v) is 8.01. The molecule has 4 unspecified atom stereocenters. The molecule has 0 spiro atoms. The van der Waals surface area contributed by atoms with Gasteiger partial charge in [-0.1, -0.05) is 33.8 Å². The maximum atomic E-state index is 13.0. The molecule has 1 aliphatic rings. The number of methoxy groups -OCH3 is 3. The van der Waals surface area contributed by atoms with Gasteiger partial charge in [0.15, 0.2) is 11.5 Å². The number of amides is 1. The monoisotopic (exact) mass is 566 g/mol. The molecule has 0 radical (unpaired) electrons. The average Bonchev–Trinajstić information content (AvgIpc) is 3.40. The number of carbonyl (C=O) groups is 1. The van der Waals surface area contributed by atoms with Crippen LogP contribution in [0.25, 0.3) is 0 Å². The zero-order valence-corrected chi connectivity index (χ0v) is 25.7. The van der Waals surface area contributed by atoms with Crippen LogP contribution in [0.3, 0.4) is 0 Å². The van der Waals surface area contributed by atoms with Gasteiger partial charge >= 0.3 is 0 Å². The van der Waals surface area contributed by atoms with Gasteiger partial charge in [0.05, 0.1) is 38.6 Å². The van der Waals surface area contributed by atoms with Crippen LogP contribution >= 0.6 is 0 Å². The lowest BCUT2D eigenvalue weighted by Crippen LogP contribution is -2.44. The lowest BCUT2D eigenvalue weighted by atomic mass is 9.81. The SMILES string of the molecule is COCCCOc1cc(CC(CC(N)C(O)CC(C(=O)NC[C@H]2C[C@H](OC)CO2)C(C)C)C(C)C)ccc1OC. The largest absolute Gasteiger partial charge is 0.493 e. The molecule has 0 bridgehead atoms. The molecular weight excluding hydrogens is 512 g/mol. The topological polar surface area (TPSA) is 122 Å². The minimum atomic E-state index is -0.782. The minimum Gasteiger partial charge on any atom is -0.493 e. The Balaban J connectivity index is 1.96. The van der Waals surface area contributed by atoms with Crippen LogP contribution in [-0.4, -0.2) is 83.1 Å². The lowest BCUT2D eigenvalue weighted by molar-refractivity contribution is -0.128. The van der Waals surface area contributed by atoms with Gasteiger partial charge in [0.1, 0.15) is 0 Å². The Kier molecular flexibility index (Phi) is 15.3. The van der Waals surface area contributed by atoms with Crippen molar-refractivity contribution in [3.05, 3.63) is 23.8 Å². The van der Waals surface area contributed by atoms with Crippen molar-refractivity contribution in [1.29, 1.82) is 0 Å². The van der Waals surface area contributed by atoms with Crippen molar-refractivity contribution in [1.82, 2.24) is 5.32 Å². The number of benzene rings is 1. The molecule has 9 nitrogen and oxygen atoms in total. The Bertz CT molecular complexity index is 866. The molecule has 1 aromatic rings. The molecule has 1 saturated heterocycles. The maximum absolute atomic E-state index is 13.0. The zero-order chi connectivity index (χ0) is 29.7. The summed E-state index contributed by atoms with van der Waals surface area (Å²) in [6.07, 6.45) is 2.58. The van der Waals surface area contributed by atoms with Crippen molar-refractivity contribution in [3.8, 4) is 11.5 Å². The molecule has 1 amide bonds. The molecule has 1 fully saturated rings. The number of nitrogens with one attached hydrogen (secondary N) is 1. The molecule has 6 atom stereocenters. The van der Waals surface area contributed by atoms with Crippen molar-refractivity contribution in [2.75, 3.05) is 47.7 Å². The Hall–Kier alpha value is -1.91. The second kappa shape index (κ2) is 17.8. The predicted octanol–water partition coefficient (Wildman–Crippen LogP) is 3.59. The van der Waals surface area contributed by atoms with Crippen LogP contribution < -0.4 is 20.5 Å². The predicted molar refractivity (Wildman–Crippen MR) is 157 cm³/mol. The molecular formula is C31H54N2O7. The van der Waals surface area contributed by atoms with Crippen molar-refractivity contribution in [3.63, 3.8) is 0 Å². The molecule has 1 aromatic carbocycles. The van der Waals surface area contributed by atoms with E-state index in [0.717, 1.165) is 30.6 Å². The van der Waals surface area contributed by atoms with Crippen molar-refractivity contribution < 1.29 is 33.6 Å². The number of rotatable bonds is 19. The van der Waals surface area contributed by atoms with Gasteiger partial charge in [-0.3, -0.25) is 4.79 Å². The Labute approximate surface area is 241 Å². The molecule has 9 heteroatoms. The second-order valence-electron chi connectivity index (χ2n) is 11.7. The summed E-state index contributed by atoms with van der Waals surface area (Å²) in [5, 5.41) is 14.1. The summed E-state index contributed by atoms with van der Waals surface area (Å²) in [5.74, 6) is 1.69. The van der Waals surface area contributed by atoms with E-state index in [-0.39, 0.29) is 35.9 Å². The maximum Gasteiger partial charge on any atom is 0.223 e. The van der Waals surface area contributed by atoms with E-state index in [9.17, 15) is 9.90 Å². The summed E-state index contributed by atoms with van der Waals surface area (Å²) < 4.78 is 27.6. The van der Waals surface area contributed by atoms with Gasteiger partial charge in [-0.2, -0.15) is 0 Å². The fourth-order valence-electron chi connectivity index (χ4n) is 5.19. The van der Waals surface area contributed by atoms with Gasteiger partial charge in [-0.15, -0.1) is 0 Å². The fourth-order valence-corrected chi connectivity index (χ4v) is 5.19. The minimum absolute atomic E-state index is 0.0464. The fraction of sp³-hybridized carbons (Fsp3) is 0.774. The quantitative estimate of drug-likeness (QED) is 0.217. The highest BCUT2D eigenvalue weighted by atomic mass is 16.5. The standard InChI is InChI=1S/C31H54N2O7/c1-20(2)23(13-22-9-10-29(38-7)30(14-22)39-12-8-11-36-5)15-27(32)28(34)17-26(21(3)4)31(35)33-18-24-16-25(37-6)19-40-24/h9-10,14,20-21,23-28,34H,8,11-13,15-19,32H2,1-7H3,(H,33,35)/t23?,24-,25+,26?,27?,28?/m1/s1. The first-order valence-electron chi connectivity index (χ1n) is 14.7. The van der Waals surface area contributed by atoms with Crippen molar-refractivity contribution in [2.45, 2.75) is 84.2 Å². The summed E-state index contributed by atoms with van der Waals surface area (Å²) in [6, 6.07) is 5.58. The highest BCUT2D eigenvalue weighted by Gasteiger charge is 2.31. The smallest absolute Gasteiger partial charge is 0.223 e. The Morgan fingerprint density at radius 1 is 1.10 bits per heavy atom. The molecule has 4 N–H and O–H groups in total. The van der Waals surface area contributed by atoms with Gasteiger partial charge in [0.2, 0.25) is 5.91 Å². The van der Waals surface area contributed by atoms with Crippen LogP contribution in [0.4, 0.5) is 0 Å². The highest BCUT2D eigenvalue weighted by Crippen LogP contribution is 2.32. The third kappa shape index (κ3) is 11.2. The van der Waals surface area contributed by atoms with Crippen LogP contribution in [0, 0.1) is 23.7 Å². The van der Waals surface area contributed by atoms with E-state index in [1.165, 1.54) is 0 Å². The molecule has 0 aliphatic carbocycles.